The van der Waals surface area contributed by atoms with Crippen molar-refractivity contribution in [3.05, 3.63) is 59.4 Å². The summed E-state index contributed by atoms with van der Waals surface area (Å²) in [5.74, 6) is -0.142. The van der Waals surface area contributed by atoms with Gasteiger partial charge in [0.15, 0.2) is 6.10 Å². The molecule has 0 fully saturated rings. The van der Waals surface area contributed by atoms with Gasteiger partial charge in [-0.2, -0.15) is 0 Å². The molecule has 0 heterocycles. The molecule has 3 rings (SSSR count). The Morgan fingerprint density at radius 3 is 2.65 bits per heavy atom. The highest BCUT2D eigenvalue weighted by molar-refractivity contribution is 5.94. The van der Waals surface area contributed by atoms with Crippen LogP contribution in [0.15, 0.2) is 42.5 Å². The smallest absolute Gasteiger partial charge is 0.265 e. The summed E-state index contributed by atoms with van der Waals surface area (Å²) in [6.07, 6.45) is 3.90. The van der Waals surface area contributed by atoms with Crippen LogP contribution in [0.25, 0.3) is 0 Å². The Morgan fingerprint density at radius 2 is 1.87 bits per heavy atom. The number of anilines is 1. The lowest BCUT2D eigenvalue weighted by molar-refractivity contribution is -0.122. The topological polar surface area (TPSA) is 38.3 Å². The number of nitrogens with one attached hydrogen (secondary N) is 1. The van der Waals surface area contributed by atoms with E-state index in [-0.39, 0.29) is 11.6 Å². The van der Waals surface area contributed by atoms with Crippen LogP contribution in [0.4, 0.5) is 10.1 Å². The lowest BCUT2D eigenvalue weighted by Crippen LogP contribution is -2.30. The van der Waals surface area contributed by atoms with Gasteiger partial charge in [-0.3, -0.25) is 4.79 Å². The van der Waals surface area contributed by atoms with Crippen molar-refractivity contribution in [3.8, 4) is 5.75 Å². The summed E-state index contributed by atoms with van der Waals surface area (Å²) >= 11 is 0. The standard InChI is InChI=1S/C19H20FNO2/c1-13(19(22)21-18-9-5-4-8-17(18)20)23-16-11-10-14-6-2-3-7-15(14)12-16/h4-5,8-13H,2-3,6-7H2,1H3,(H,21,22)/t13-/m0/s1. The molecule has 1 aliphatic rings. The van der Waals surface area contributed by atoms with Crippen LogP contribution >= 0.6 is 0 Å². The van der Waals surface area contributed by atoms with Crippen molar-refractivity contribution in [3.63, 3.8) is 0 Å². The number of hydrogen-bond acceptors (Lipinski definition) is 2. The van der Waals surface area contributed by atoms with Crippen LogP contribution in [0.5, 0.6) is 5.75 Å². The summed E-state index contributed by atoms with van der Waals surface area (Å²) in [4.78, 5) is 12.2. The fourth-order valence-corrected chi connectivity index (χ4v) is 2.84. The van der Waals surface area contributed by atoms with Crippen molar-refractivity contribution in [2.75, 3.05) is 5.32 Å². The average Bonchev–Trinajstić information content (AvgIpc) is 2.56. The van der Waals surface area contributed by atoms with Gasteiger partial charge in [-0.1, -0.05) is 18.2 Å². The molecular weight excluding hydrogens is 293 g/mol. The molecule has 0 spiro atoms. The third-order valence-electron chi connectivity index (χ3n) is 4.13. The zero-order chi connectivity index (χ0) is 16.2. The van der Waals surface area contributed by atoms with Crippen LogP contribution in [0.1, 0.15) is 30.9 Å². The van der Waals surface area contributed by atoms with E-state index in [2.05, 4.69) is 11.4 Å². The molecule has 0 saturated heterocycles. The van der Waals surface area contributed by atoms with Gasteiger partial charge in [-0.25, -0.2) is 4.39 Å². The second kappa shape index (κ2) is 6.82. The number of carbonyl (C=O) groups excluding carboxylic acids is 1. The number of fused-ring (bicyclic) bond motifs is 1. The molecule has 3 nitrogen and oxygen atoms in total. The molecule has 1 N–H and O–H groups in total. The zero-order valence-electron chi connectivity index (χ0n) is 13.1. The van der Waals surface area contributed by atoms with E-state index in [1.54, 1.807) is 19.1 Å². The summed E-state index contributed by atoms with van der Waals surface area (Å²) in [5, 5.41) is 2.55. The predicted molar refractivity (Wildman–Crippen MR) is 88.2 cm³/mol. The molecule has 0 radical (unpaired) electrons. The van der Waals surface area contributed by atoms with Gasteiger partial charge in [0.25, 0.3) is 5.91 Å². The first kappa shape index (κ1) is 15.5. The largest absolute Gasteiger partial charge is 0.481 e. The summed E-state index contributed by atoms with van der Waals surface area (Å²) < 4.78 is 19.3. The molecule has 1 amide bonds. The highest BCUT2D eigenvalue weighted by atomic mass is 19.1. The second-order valence-corrected chi connectivity index (χ2v) is 5.87. The van der Waals surface area contributed by atoms with E-state index in [1.807, 2.05) is 12.1 Å². The van der Waals surface area contributed by atoms with Crippen molar-refractivity contribution < 1.29 is 13.9 Å². The first-order chi connectivity index (χ1) is 11.1. The highest BCUT2D eigenvalue weighted by Gasteiger charge is 2.17. The number of ether oxygens (including phenoxy) is 1. The second-order valence-electron chi connectivity index (χ2n) is 5.87. The van der Waals surface area contributed by atoms with Crippen molar-refractivity contribution in [2.45, 2.75) is 38.7 Å². The average molecular weight is 313 g/mol. The fraction of sp³-hybridized carbons (Fsp3) is 0.316. The van der Waals surface area contributed by atoms with Gasteiger partial charge in [-0.05, 0) is 68.0 Å². The molecule has 4 heteroatoms. The first-order valence-electron chi connectivity index (χ1n) is 7.97. The van der Waals surface area contributed by atoms with Gasteiger partial charge < -0.3 is 10.1 Å². The minimum absolute atomic E-state index is 0.165. The number of amides is 1. The Bertz CT molecular complexity index is 714. The molecule has 0 aliphatic heterocycles. The van der Waals surface area contributed by atoms with Crippen molar-refractivity contribution in [1.29, 1.82) is 0 Å². The number of carbonyl (C=O) groups is 1. The van der Waals surface area contributed by atoms with Crippen molar-refractivity contribution in [2.24, 2.45) is 0 Å². The third kappa shape index (κ3) is 3.70. The third-order valence-corrected chi connectivity index (χ3v) is 4.13. The van der Waals surface area contributed by atoms with Crippen LogP contribution in [-0.4, -0.2) is 12.0 Å². The van der Waals surface area contributed by atoms with Crippen LogP contribution in [0.2, 0.25) is 0 Å². The highest BCUT2D eigenvalue weighted by Crippen LogP contribution is 2.26. The maximum Gasteiger partial charge on any atom is 0.265 e. The number of para-hydroxylation sites is 1. The lowest BCUT2D eigenvalue weighted by Gasteiger charge is -2.19. The molecule has 2 aromatic carbocycles. The lowest BCUT2D eigenvalue weighted by atomic mass is 9.92. The maximum absolute atomic E-state index is 13.6. The van der Waals surface area contributed by atoms with Gasteiger partial charge >= 0.3 is 0 Å². The molecular formula is C19H20FNO2. The van der Waals surface area contributed by atoms with E-state index < -0.39 is 11.9 Å². The van der Waals surface area contributed by atoms with Crippen LogP contribution in [0, 0.1) is 5.82 Å². The van der Waals surface area contributed by atoms with Gasteiger partial charge in [0.05, 0.1) is 5.69 Å². The Labute approximate surface area is 135 Å². The number of halogens is 1. The quantitative estimate of drug-likeness (QED) is 0.922. The number of aryl methyl sites for hydroxylation is 2. The summed E-state index contributed by atoms with van der Waals surface area (Å²) in [6.45, 7) is 1.66. The van der Waals surface area contributed by atoms with E-state index in [0.717, 1.165) is 12.8 Å². The minimum Gasteiger partial charge on any atom is -0.481 e. The van der Waals surface area contributed by atoms with E-state index in [9.17, 15) is 9.18 Å². The fourth-order valence-electron chi connectivity index (χ4n) is 2.84. The van der Waals surface area contributed by atoms with Crippen LogP contribution in [-0.2, 0) is 17.6 Å². The molecule has 0 bridgehead atoms. The summed E-state index contributed by atoms with van der Waals surface area (Å²) in [7, 11) is 0. The predicted octanol–water partition coefficient (Wildman–Crippen LogP) is 4.11. The molecule has 120 valence electrons. The van der Waals surface area contributed by atoms with Crippen LogP contribution in [0.3, 0.4) is 0 Å². The Balaban J connectivity index is 1.65. The SMILES string of the molecule is C[C@H](Oc1ccc2c(c1)CCCC2)C(=O)Nc1ccccc1F. The first-order valence-corrected chi connectivity index (χ1v) is 7.97. The Hall–Kier alpha value is -2.36. The number of hydrogen-bond donors (Lipinski definition) is 1. The molecule has 1 aliphatic carbocycles. The monoisotopic (exact) mass is 313 g/mol. The Morgan fingerprint density at radius 1 is 1.13 bits per heavy atom. The summed E-state index contributed by atoms with van der Waals surface area (Å²) in [5.41, 5.74) is 2.83. The Kier molecular flexibility index (Phi) is 4.60. The molecule has 0 unspecified atom stereocenters. The molecule has 1 atom stereocenters. The minimum atomic E-state index is -0.698. The van der Waals surface area contributed by atoms with Gasteiger partial charge in [0.1, 0.15) is 11.6 Å². The van der Waals surface area contributed by atoms with E-state index >= 15 is 0 Å². The molecule has 0 saturated carbocycles. The zero-order valence-corrected chi connectivity index (χ0v) is 13.1. The van der Waals surface area contributed by atoms with Crippen molar-refractivity contribution in [1.82, 2.24) is 0 Å². The normalized spacial score (nSPS) is 14.7. The molecule has 2 aromatic rings. The van der Waals surface area contributed by atoms with E-state index in [1.165, 1.54) is 36.1 Å². The maximum atomic E-state index is 13.6. The van der Waals surface area contributed by atoms with Crippen LogP contribution < -0.4 is 10.1 Å². The number of benzene rings is 2. The van der Waals surface area contributed by atoms with Gasteiger partial charge in [-0.15, -0.1) is 0 Å². The molecule has 23 heavy (non-hydrogen) atoms. The van der Waals surface area contributed by atoms with E-state index in [0.29, 0.717) is 5.75 Å². The molecule has 0 aromatic heterocycles. The van der Waals surface area contributed by atoms with E-state index in [4.69, 9.17) is 4.74 Å². The number of rotatable bonds is 4. The van der Waals surface area contributed by atoms with Crippen molar-refractivity contribution >= 4 is 11.6 Å². The van der Waals surface area contributed by atoms with Gasteiger partial charge in [0, 0.05) is 0 Å². The van der Waals surface area contributed by atoms with Gasteiger partial charge in [0.2, 0.25) is 0 Å². The summed E-state index contributed by atoms with van der Waals surface area (Å²) in [6, 6.07) is 12.1.